The van der Waals surface area contributed by atoms with Crippen molar-refractivity contribution in [1.82, 2.24) is 25.3 Å². The molecular weight excluding hydrogens is 416 g/mol. The zero-order valence-corrected chi connectivity index (χ0v) is 18.7. The fraction of sp³-hybridized carbons (Fsp3) is 0.280. The van der Waals surface area contributed by atoms with E-state index in [-0.39, 0.29) is 11.9 Å². The Labute approximate surface area is 192 Å². The van der Waals surface area contributed by atoms with Gasteiger partial charge in [-0.15, -0.1) is 5.10 Å². The summed E-state index contributed by atoms with van der Waals surface area (Å²) in [7, 11) is 1.68. The van der Waals surface area contributed by atoms with Crippen LogP contribution in [0, 0.1) is 6.92 Å². The van der Waals surface area contributed by atoms with E-state index >= 15 is 0 Å². The van der Waals surface area contributed by atoms with Crippen LogP contribution in [-0.2, 0) is 0 Å². The number of fused-ring (bicyclic) bond motifs is 1. The Hall–Kier alpha value is -3.94. The van der Waals surface area contributed by atoms with E-state index in [9.17, 15) is 4.79 Å². The first-order valence-corrected chi connectivity index (χ1v) is 11.1. The monoisotopic (exact) mass is 442 g/mol. The predicted molar refractivity (Wildman–Crippen MR) is 127 cm³/mol. The number of amides is 1. The maximum Gasteiger partial charge on any atom is 0.274 e. The zero-order chi connectivity index (χ0) is 22.8. The Balaban J connectivity index is 1.32. The molecule has 8 heteroatoms. The average molecular weight is 443 g/mol. The predicted octanol–water partition coefficient (Wildman–Crippen LogP) is 3.53. The number of benzene rings is 2. The number of piperidine rings is 1. The Morgan fingerprint density at radius 2 is 2.03 bits per heavy atom. The van der Waals surface area contributed by atoms with Crippen LogP contribution < -0.4 is 15.0 Å². The quantitative estimate of drug-likeness (QED) is 0.509. The highest BCUT2D eigenvalue weighted by molar-refractivity contribution is 5.93. The van der Waals surface area contributed by atoms with Crippen molar-refractivity contribution < 1.29 is 9.53 Å². The molecule has 0 saturated carbocycles. The Morgan fingerprint density at radius 1 is 1.15 bits per heavy atom. The molecular formula is C25H26N6O2. The summed E-state index contributed by atoms with van der Waals surface area (Å²) < 4.78 is 7.22. The molecule has 5 rings (SSSR count). The van der Waals surface area contributed by atoms with Crippen LogP contribution in [0.25, 0.3) is 16.6 Å². The third kappa shape index (κ3) is 4.11. The first kappa shape index (κ1) is 20.9. The summed E-state index contributed by atoms with van der Waals surface area (Å²) in [4.78, 5) is 19.7. The van der Waals surface area contributed by atoms with E-state index in [2.05, 4.69) is 31.6 Å². The summed E-state index contributed by atoms with van der Waals surface area (Å²) in [5.41, 5.74) is 3.85. The summed E-state index contributed by atoms with van der Waals surface area (Å²) in [6.07, 6.45) is 3.67. The van der Waals surface area contributed by atoms with Gasteiger partial charge in [-0.25, -0.2) is 4.68 Å². The maximum atomic E-state index is 13.1. The van der Waals surface area contributed by atoms with Crippen LogP contribution in [0.15, 0.2) is 60.8 Å². The molecule has 4 aromatic rings. The lowest BCUT2D eigenvalue weighted by molar-refractivity contribution is 0.0927. The molecule has 3 heterocycles. The lowest BCUT2D eigenvalue weighted by Gasteiger charge is -2.35. The lowest BCUT2D eigenvalue weighted by atomic mass is 10.0. The molecule has 8 nitrogen and oxygen atoms in total. The number of methoxy groups -OCH3 is 1. The summed E-state index contributed by atoms with van der Waals surface area (Å²) >= 11 is 0. The summed E-state index contributed by atoms with van der Waals surface area (Å²) in [5.74, 6) is 0.641. The van der Waals surface area contributed by atoms with E-state index in [1.807, 2.05) is 55.5 Å². The molecule has 1 N–H and O–H groups in total. The SMILES string of the molecule is COc1ccccc1N1CCCC(NC(=O)c2nnn(-c3ccc4ncccc4c3)c2C)C1. The van der Waals surface area contributed by atoms with Gasteiger partial charge < -0.3 is 15.0 Å². The molecule has 2 aromatic carbocycles. The van der Waals surface area contributed by atoms with Crippen LogP contribution >= 0.6 is 0 Å². The lowest BCUT2D eigenvalue weighted by Crippen LogP contribution is -2.48. The van der Waals surface area contributed by atoms with E-state index in [0.717, 1.165) is 54.0 Å². The number of ether oxygens (including phenoxy) is 1. The molecule has 168 valence electrons. The van der Waals surface area contributed by atoms with E-state index < -0.39 is 0 Å². The zero-order valence-electron chi connectivity index (χ0n) is 18.7. The van der Waals surface area contributed by atoms with Gasteiger partial charge in [-0.3, -0.25) is 9.78 Å². The van der Waals surface area contributed by atoms with E-state index in [1.165, 1.54) is 0 Å². The molecule has 0 aliphatic carbocycles. The second-order valence-corrected chi connectivity index (χ2v) is 8.25. The number of anilines is 1. The molecule has 1 amide bonds. The maximum absolute atomic E-state index is 13.1. The molecule has 1 unspecified atom stereocenters. The van der Waals surface area contributed by atoms with E-state index in [0.29, 0.717) is 11.4 Å². The molecule has 1 saturated heterocycles. The van der Waals surface area contributed by atoms with Gasteiger partial charge in [0.25, 0.3) is 5.91 Å². The molecule has 1 fully saturated rings. The van der Waals surface area contributed by atoms with Crippen molar-refractivity contribution >= 4 is 22.5 Å². The summed E-state index contributed by atoms with van der Waals surface area (Å²) in [5, 5.41) is 12.6. The number of pyridine rings is 1. The van der Waals surface area contributed by atoms with Gasteiger partial charge in [0.1, 0.15) is 5.75 Å². The van der Waals surface area contributed by atoms with Gasteiger partial charge in [-0.05, 0) is 56.2 Å². The first-order valence-electron chi connectivity index (χ1n) is 11.1. The van der Waals surface area contributed by atoms with Crippen molar-refractivity contribution in [1.29, 1.82) is 0 Å². The number of nitrogens with one attached hydrogen (secondary N) is 1. The topological polar surface area (TPSA) is 85.2 Å². The van der Waals surface area contributed by atoms with Gasteiger partial charge in [0.05, 0.1) is 29.7 Å². The minimum absolute atomic E-state index is 0.0208. The minimum atomic E-state index is -0.201. The smallest absolute Gasteiger partial charge is 0.274 e. The second kappa shape index (κ2) is 8.90. The van der Waals surface area contributed by atoms with Crippen molar-refractivity contribution in [2.45, 2.75) is 25.8 Å². The van der Waals surface area contributed by atoms with Crippen molar-refractivity contribution in [3.8, 4) is 11.4 Å². The Kier molecular flexibility index (Phi) is 5.64. The van der Waals surface area contributed by atoms with Crippen LogP contribution in [0.2, 0.25) is 0 Å². The van der Waals surface area contributed by atoms with Crippen LogP contribution in [-0.4, -0.2) is 52.1 Å². The fourth-order valence-electron chi connectivity index (χ4n) is 4.44. The van der Waals surface area contributed by atoms with Crippen LogP contribution in [0.4, 0.5) is 5.69 Å². The van der Waals surface area contributed by atoms with Crippen molar-refractivity contribution in [3.05, 3.63) is 72.2 Å². The second-order valence-electron chi connectivity index (χ2n) is 8.25. The number of nitrogens with zero attached hydrogens (tertiary/aromatic N) is 5. The van der Waals surface area contributed by atoms with Crippen molar-refractivity contribution in [2.24, 2.45) is 0 Å². The molecule has 2 aromatic heterocycles. The van der Waals surface area contributed by atoms with Crippen LogP contribution in [0.3, 0.4) is 0 Å². The van der Waals surface area contributed by atoms with Crippen LogP contribution in [0.5, 0.6) is 5.75 Å². The van der Waals surface area contributed by atoms with Gasteiger partial charge >= 0.3 is 0 Å². The number of carbonyl (C=O) groups excluding carboxylic acids is 1. The minimum Gasteiger partial charge on any atom is -0.495 e. The number of carbonyl (C=O) groups is 1. The molecule has 1 aliphatic heterocycles. The number of aromatic nitrogens is 4. The average Bonchev–Trinajstić information content (AvgIpc) is 3.25. The van der Waals surface area contributed by atoms with Crippen LogP contribution in [0.1, 0.15) is 29.0 Å². The summed E-state index contributed by atoms with van der Waals surface area (Å²) in [6, 6.07) is 17.8. The van der Waals surface area contributed by atoms with Gasteiger partial charge in [0.2, 0.25) is 0 Å². The number of para-hydroxylation sites is 2. The third-order valence-electron chi connectivity index (χ3n) is 6.12. The number of hydrogen-bond acceptors (Lipinski definition) is 6. The Morgan fingerprint density at radius 3 is 2.91 bits per heavy atom. The summed E-state index contributed by atoms with van der Waals surface area (Å²) in [6.45, 7) is 3.51. The van der Waals surface area contributed by atoms with E-state index in [1.54, 1.807) is 18.0 Å². The first-order chi connectivity index (χ1) is 16.1. The molecule has 1 atom stereocenters. The molecule has 1 aliphatic rings. The number of rotatable bonds is 5. The molecule has 0 bridgehead atoms. The highest BCUT2D eigenvalue weighted by atomic mass is 16.5. The molecule has 33 heavy (non-hydrogen) atoms. The van der Waals surface area contributed by atoms with Gasteiger partial charge in [-0.1, -0.05) is 23.4 Å². The fourth-order valence-corrected chi connectivity index (χ4v) is 4.44. The number of hydrogen-bond donors (Lipinski definition) is 1. The van der Waals surface area contributed by atoms with E-state index in [4.69, 9.17) is 4.74 Å². The normalized spacial score (nSPS) is 16.1. The third-order valence-corrected chi connectivity index (χ3v) is 6.12. The molecule has 0 radical (unpaired) electrons. The van der Waals surface area contributed by atoms with Crippen molar-refractivity contribution in [2.75, 3.05) is 25.1 Å². The standard InChI is InChI=1S/C25H26N6O2/c1-17-24(28-29-31(17)20-11-12-21-18(15-20)7-5-13-26-21)25(32)27-19-8-6-14-30(16-19)22-9-3-4-10-23(22)33-2/h3-5,7,9-13,15,19H,6,8,14,16H2,1-2H3,(H,27,32). The largest absolute Gasteiger partial charge is 0.495 e. The van der Waals surface area contributed by atoms with Gasteiger partial charge in [-0.2, -0.15) is 0 Å². The highest BCUT2D eigenvalue weighted by Gasteiger charge is 2.26. The molecule has 0 spiro atoms. The van der Waals surface area contributed by atoms with Gasteiger partial charge in [0, 0.05) is 30.7 Å². The van der Waals surface area contributed by atoms with Gasteiger partial charge in [0.15, 0.2) is 5.69 Å². The highest BCUT2D eigenvalue weighted by Crippen LogP contribution is 2.30. The van der Waals surface area contributed by atoms with Crippen molar-refractivity contribution in [3.63, 3.8) is 0 Å². The Bertz CT molecular complexity index is 1300.